The van der Waals surface area contributed by atoms with E-state index in [4.69, 9.17) is 5.26 Å². The maximum Gasteiger partial charge on any atom is 0.232 e. The number of carbonyl (C=O) groups is 2. The third-order valence-electron chi connectivity index (χ3n) is 2.57. The van der Waals surface area contributed by atoms with Crippen molar-refractivity contribution in [2.75, 3.05) is 0 Å². The standard InChI is InChI=1S/C10H14N2O2/c1-3-8(4-5-11)12-9(13)6-7(2)10(12)14/h7-8H,3-4,6H2,1-2H3. The van der Waals surface area contributed by atoms with Crippen molar-refractivity contribution in [1.82, 2.24) is 4.90 Å². The van der Waals surface area contributed by atoms with Crippen molar-refractivity contribution >= 4 is 11.8 Å². The van der Waals surface area contributed by atoms with Gasteiger partial charge in [-0.1, -0.05) is 13.8 Å². The van der Waals surface area contributed by atoms with Gasteiger partial charge in [-0.25, -0.2) is 0 Å². The molecule has 0 aromatic rings. The lowest BCUT2D eigenvalue weighted by molar-refractivity contribution is -0.141. The number of hydrogen-bond donors (Lipinski definition) is 0. The van der Waals surface area contributed by atoms with E-state index in [0.29, 0.717) is 12.8 Å². The Morgan fingerprint density at radius 2 is 2.29 bits per heavy atom. The minimum atomic E-state index is -0.232. The van der Waals surface area contributed by atoms with Crippen molar-refractivity contribution in [3.63, 3.8) is 0 Å². The van der Waals surface area contributed by atoms with E-state index < -0.39 is 0 Å². The number of hydrogen-bond acceptors (Lipinski definition) is 3. The van der Waals surface area contributed by atoms with E-state index in [-0.39, 0.29) is 30.2 Å². The molecule has 0 radical (unpaired) electrons. The van der Waals surface area contributed by atoms with Crippen LogP contribution in [0.1, 0.15) is 33.1 Å². The van der Waals surface area contributed by atoms with Gasteiger partial charge in [0.25, 0.3) is 0 Å². The Kier molecular flexibility index (Phi) is 3.23. The Morgan fingerprint density at radius 1 is 1.64 bits per heavy atom. The molecule has 0 saturated carbocycles. The second-order valence-electron chi connectivity index (χ2n) is 3.63. The maximum atomic E-state index is 11.6. The maximum absolute atomic E-state index is 11.6. The molecular formula is C10H14N2O2. The van der Waals surface area contributed by atoms with Crippen LogP contribution in [0.4, 0.5) is 0 Å². The lowest BCUT2D eigenvalue weighted by Crippen LogP contribution is -2.39. The summed E-state index contributed by atoms with van der Waals surface area (Å²) in [7, 11) is 0. The molecule has 1 aliphatic rings. The summed E-state index contributed by atoms with van der Waals surface area (Å²) in [6, 6.07) is 1.77. The molecule has 0 aromatic carbocycles. The van der Waals surface area contributed by atoms with Crippen molar-refractivity contribution in [3.8, 4) is 6.07 Å². The first-order chi connectivity index (χ1) is 6.61. The number of likely N-dealkylation sites (tertiary alicyclic amines) is 1. The summed E-state index contributed by atoms with van der Waals surface area (Å²) in [5.74, 6) is -0.475. The normalized spacial score (nSPS) is 23.8. The highest BCUT2D eigenvalue weighted by atomic mass is 16.2. The van der Waals surface area contributed by atoms with Crippen molar-refractivity contribution in [2.24, 2.45) is 5.92 Å². The largest absolute Gasteiger partial charge is 0.278 e. The van der Waals surface area contributed by atoms with Crippen molar-refractivity contribution in [1.29, 1.82) is 5.26 Å². The fourth-order valence-corrected chi connectivity index (χ4v) is 1.72. The van der Waals surface area contributed by atoms with Gasteiger partial charge in [0.15, 0.2) is 0 Å². The first kappa shape index (κ1) is 10.7. The van der Waals surface area contributed by atoms with Crippen molar-refractivity contribution < 1.29 is 9.59 Å². The first-order valence-corrected chi connectivity index (χ1v) is 4.84. The van der Waals surface area contributed by atoms with Gasteiger partial charge in [-0.15, -0.1) is 0 Å². The molecular weight excluding hydrogens is 180 g/mol. The lowest BCUT2D eigenvalue weighted by Gasteiger charge is -2.22. The van der Waals surface area contributed by atoms with E-state index in [2.05, 4.69) is 0 Å². The molecule has 2 amide bonds. The molecule has 0 aromatic heterocycles. The van der Waals surface area contributed by atoms with E-state index in [0.717, 1.165) is 0 Å². The van der Waals surface area contributed by atoms with E-state index in [1.165, 1.54) is 4.90 Å². The topological polar surface area (TPSA) is 61.2 Å². The first-order valence-electron chi connectivity index (χ1n) is 4.84. The number of rotatable bonds is 3. The van der Waals surface area contributed by atoms with Gasteiger partial charge in [0.1, 0.15) is 0 Å². The molecule has 1 saturated heterocycles. The SMILES string of the molecule is CCC(CC#N)N1C(=O)CC(C)C1=O. The molecule has 0 N–H and O–H groups in total. The number of carbonyl (C=O) groups excluding carboxylic acids is 2. The summed E-state index contributed by atoms with van der Waals surface area (Å²) in [6.45, 7) is 3.63. The van der Waals surface area contributed by atoms with Gasteiger partial charge in [0, 0.05) is 12.3 Å². The molecule has 4 nitrogen and oxygen atoms in total. The van der Waals surface area contributed by atoms with Crippen molar-refractivity contribution in [2.45, 2.75) is 39.2 Å². The third kappa shape index (κ3) is 1.77. The highest BCUT2D eigenvalue weighted by Gasteiger charge is 2.39. The molecule has 1 aliphatic heterocycles. The molecule has 1 heterocycles. The van der Waals surface area contributed by atoms with Gasteiger partial charge in [0.05, 0.1) is 18.5 Å². The zero-order valence-corrected chi connectivity index (χ0v) is 8.49. The number of amides is 2. The third-order valence-corrected chi connectivity index (χ3v) is 2.57. The fourth-order valence-electron chi connectivity index (χ4n) is 1.72. The van der Waals surface area contributed by atoms with E-state index in [1.54, 1.807) is 6.92 Å². The second kappa shape index (κ2) is 4.23. The van der Waals surface area contributed by atoms with Gasteiger partial charge >= 0.3 is 0 Å². The Balaban J connectivity index is 2.80. The minimum absolute atomic E-state index is 0.128. The van der Waals surface area contributed by atoms with Gasteiger partial charge in [-0.2, -0.15) is 5.26 Å². The highest BCUT2D eigenvalue weighted by molar-refractivity contribution is 6.03. The van der Waals surface area contributed by atoms with E-state index >= 15 is 0 Å². The van der Waals surface area contributed by atoms with Crippen LogP contribution in [0.5, 0.6) is 0 Å². The average Bonchev–Trinajstić information content (AvgIpc) is 2.39. The van der Waals surface area contributed by atoms with Gasteiger partial charge in [-0.3, -0.25) is 14.5 Å². The zero-order valence-electron chi connectivity index (χ0n) is 8.49. The Morgan fingerprint density at radius 3 is 2.64 bits per heavy atom. The number of nitriles is 1. The smallest absolute Gasteiger partial charge is 0.232 e. The molecule has 1 rings (SSSR count). The summed E-state index contributed by atoms with van der Waals surface area (Å²) >= 11 is 0. The van der Waals surface area contributed by atoms with E-state index in [1.807, 2.05) is 13.0 Å². The number of nitrogens with zero attached hydrogens (tertiary/aromatic N) is 2. The quantitative estimate of drug-likeness (QED) is 0.631. The molecule has 0 aliphatic carbocycles. The molecule has 14 heavy (non-hydrogen) atoms. The Hall–Kier alpha value is -1.37. The Bertz CT molecular complexity index is 293. The predicted molar refractivity (Wildman–Crippen MR) is 49.9 cm³/mol. The lowest BCUT2D eigenvalue weighted by atomic mass is 10.1. The molecule has 2 unspecified atom stereocenters. The van der Waals surface area contributed by atoms with Gasteiger partial charge in [0.2, 0.25) is 11.8 Å². The predicted octanol–water partition coefficient (Wildman–Crippen LogP) is 1.07. The molecule has 0 bridgehead atoms. The van der Waals surface area contributed by atoms with Crippen LogP contribution < -0.4 is 0 Å². The summed E-state index contributed by atoms with van der Waals surface area (Å²) in [5, 5.41) is 8.57. The van der Waals surface area contributed by atoms with Crippen LogP contribution in [0.25, 0.3) is 0 Å². The number of imide groups is 1. The van der Waals surface area contributed by atoms with Crippen LogP contribution in [0, 0.1) is 17.2 Å². The van der Waals surface area contributed by atoms with Crippen LogP contribution in [0.3, 0.4) is 0 Å². The molecule has 4 heteroatoms. The van der Waals surface area contributed by atoms with Crippen LogP contribution in [0.15, 0.2) is 0 Å². The monoisotopic (exact) mass is 194 g/mol. The molecule has 2 atom stereocenters. The summed E-state index contributed by atoms with van der Waals surface area (Å²) < 4.78 is 0. The zero-order chi connectivity index (χ0) is 10.7. The van der Waals surface area contributed by atoms with Gasteiger partial charge < -0.3 is 0 Å². The van der Waals surface area contributed by atoms with Crippen molar-refractivity contribution in [3.05, 3.63) is 0 Å². The van der Waals surface area contributed by atoms with Gasteiger partial charge in [-0.05, 0) is 6.42 Å². The second-order valence-corrected chi connectivity index (χ2v) is 3.63. The van der Waals surface area contributed by atoms with Crippen LogP contribution in [-0.4, -0.2) is 22.8 Å². The average molecular weight is 194 g/mol. The summed E-state index contributed by atoms with van der Waals surface area (Å²) in [4.78, 5) is 24.3. The Labute approximate surface area is 83.5 Å². The van der Waals surface area contributed by atoms with Crippen LogP contribution >= 0.6 is 0 Å². The fraction of sp³-hybridized carbons (Fsp3) is 0.700. The summed E-state index contributed by atoms with van der Waals surface area (Å²) in [5.41, 5.74) is 0. The molecule has 1 fully saturated rings. The highest BCUT2D eigenvalue weighted by Crippen LogP contribution is 2.23. The van der Waals surface area contributed by atoms with Crippen LogP contribution in [0.2, 0.25) is 0 Å². The van der Waals surface area contributed by atoms with E-state index in [9.17, 15) is 9.59 Å². The molecule has 0 spiro atoms. The molecule has 76 valence electrons. The van der Waals surface area contributed by atoms with Crippen LogP contribution in [-0.2, 0) is 9.59 Å². The minimum Gasteiger partial charge on any atom is -0.278 e. The summed E-state index contributed by atoms with van der Waals surface area (Å²) in [6.07, 6.45) is 1.18.